The van der Waals surface area contributed by atoms with Gasteiger partial charge in [0.25, 0.3) is 0 Å². The van der Waals surface area contributed by atoms with Gasteiger partial charge in [0, 0.05) is 17.6 Å². The monoisotopic (exact) mass is 245 g/mol. The number of aryl methyl sites for hydroxylation is 2. The van der Waals surface area contributed by atoms with E-state index in [1.807, 2.05) is 6.07 Å². The minimum absolute atomic E-state index is 0.447. The van der Waals surface area contributed by atoms with E-state index < -0.39 is 0 Å². The molecule has 0 atom stereocenters. The van der Waals surface area contributed by atoms with Crippen LogP contribution in [0.3, 0.4) is 0 Å². The van der Waals surface area contributed by atoms with Crippen molar-refractivity contribution in [3.8, 4) is 0 Å². The highest BCUT2D eigenvalue weighted by Crippen LogP contribution is 2.26. The molecule has 88 valence electrons. The van der Waals surface area contributed by atoms with Gasteiger partial charge in [0.05, 0.1) is 5.69 Å². The highest BCUT2D eigenvalue weighted by Gasteiger charge is 2.02. The molecule has 1 aromatic carbocycles. The summed E-state index contributed by atoms with van der Waals surface area (Å²) in [5.74, 6) is 0. The first-order valence-corrected chi connectivity index (χ1v) is 6.28. The maximum atomic E-state index is 5.56. The summed E-state index contributed by atoms with van der Waals surface area (Å²) in [6, 6.07) is 8.19. The first-order chi connectivity index (χ1) is 8.19. The molecule has 3 nitrogen and oxygen atoms in total. The summed E-state index contributed by atoms with van der Waals surface area (Å²) in [5.41, 5.74) is 9.00. The SMILES string of the molecule is Cc1ccc(Sc2nccc(CN)n2)cc1C. The molecule has 0 aliphatic heterocycles. The van der Waals surface area contributed by atoms with Crippen LogP contribution in [0.1, 0.15) is 16.8 Å². The fraction of sp³-hybridized carbons (Fsp3) is 0.231. The molecule has 0 spiro atoms. The van der Waals surface area contributed by atoms with Crippen LogP contribution in [0.2, 0.25) is 0 Å². The van der Waals surface area contributed by atoms with Gasteiger partial charge in [0.15, 0.2) is 5.16 Å². The van der Waals surface area contributed by atoms with Gasteiger partial charge in [-0.15, -0.1) is 0 Å². The van der Waals surface area contributed by atoms with Gasteiger partial charge in [-0.05, 0) is 54.9 Å². The molecule has 0 aliphatic rings. The van der Waals surface area contributed by atoms with Gasteiger partial charge >= 0.3 is 0 Å². The lowest BCUT2D eigenvalue weighted by Crippen LogP contribution is -2.00. The number of hydrogen-bond acceptors (Lipinski definition) is 4. The van der Waals surface area contributed by atoms with Crippen molar-refractivity contribution < 1.29 is 0 Å². The van der Waals surface area contributed by atoms with Crippen LogP contribution in [0, 0.1) is 13.8 Å². The Morgan fingerprint density at radius 1 is 1.18 bits per heavy atom. The Morgan fingerprint density at radius 2 is 2.00 bits per heavy atom. The predicted octanol–water partition coefficient (Wildman–Crippen LogP) is 2.70. The van der Waals surface area contributed by atoms with Crippen molar-refractivity contribution in [1.29, 1.82) is 0 Å². The van der Waals surface area contributed by atoms with E-state index in [0.717, 1.165) is 15.7 Å². The molecule has 0 saturated carbocycles. The van der Waals surface area contributed by atoms with Crippen molar-refractivity contribution in [3.63, 3.8) is 0 Å². The predicted molar refractivity (Wildman–Crippen MR) is 70.0 cm³/mol. The topological polar surface area (TPSA) is 51.8 Å². The van der Waals surface area contributed by atoms with E-state index in [0.29, 0.717) is 6.54 Å². The van der Waals surface area contributed by atoms with Crippen molar-refractivity contribution in [2.45, 2.75) is 30.4 Å². The fourth-order valence-electron chi connectivity index (χ4n) is 1.42. The minimum atomic E-state index is 0.447. The zero-order chi connectivity index (χ0) is 12.3. The van der Waals surface area contributed by atoms with Crippen LogP contribution >= 0.6 is 11.8 Å². The Kier molecular flexibility index (Phi) is 3.76. The average Bonchev–Trinajstić information content (AvgIpc) is 2.34. The second-order valence-electron chi connectivity index (χ2n) is 3.88. The van der Waals surface area contributed by atoms with Crippen LogP contribution in [-0.2, 0) is 6.54 Å². The van der Waals surface area contributed by atoms with Crippen LogP contribution in [0.25, 0.3) is 0 Å². The lowest BCUT2D eigenvalue weighted by atomic mass is 10.1. The summed E-state index contributed by atoms with van der Waals surface area (Å²) >= 11 is 1.56. The van der Waals surface area contributed by atoms with Gasteiger partial charge in [-0.25, -0.2) is 9.97 Å². The van der Waals surface area contributed by atoms with E-state index in [1.54, 1.807) is 18.0 Å². The third-order valence-corrected chi connectivity index (χ3v) is 3.46. The van der Waals surface area contributed by atoms with Crippen molar-refractivity contribution >= 4 is 11.8 Å². The number of benzene rings is 1. The molecule has 2 aromatic rings. The standard InChI is InChI=1S/C13H15N3S/c1-9-3-4-12(7-10(9)2)17-13-15-6-5-11(8-14)16-13/h3-7H,8,14H2,1-2H3. The Balaban J connectivity index is 2.22. The smallest absolute Gasteiger partial charge is 0.192 e. The first kappa shape index (κ1) is 12.1. The Bertz CT molecular complexity index is 526. The summed E-state index contributed by atoms with van der Waals surface area (Å²) in [7, 11) is 0. The number of rotatable bonds is 3. The maximum absolute atomic E-state index is 5.56. The van der Waals surface area contributed by atoms with E-state index in [4.69, 9.17) is 5.73 Å². The molecule has 0 saturated heterocycles. The van der Waals surface area contributed by atoms with Gasteiger partial charge in [0.2, 0.25) is 0 Å². The summed E-state index contributed by atoms with van der Waals surface area (Å²) in [5, 5.41) is 0.746. The molecule has 1 heterocycles. The lowest BCUT2D eigenvalue weighted by Gasteiger charge is -2.04. The molecule has 2 N–H and O–H groups in total. The molecule has 0 unspecified atom stereocenters. The van der Waals surface area contributed by atoms with E-state index in [-0.39, 0.29) is 0 Å². The van der Waals surface area contributed by atoms with E-state index >= 15 is 0 Å². The maximum Gasteiger partial charge on any atom is 0.192 e. The number of aromatic nitrogens is 2. The van der Waals surface area contributed by atoms with E-state index in [2.05, 4.69) is 42.0 Å². The molecular weight excluding hydrogens is 230 g/mol. The third-order valence-electron chi connectivity index (χ3n) is 2.59. The largest absolute Gasteiger partial charge is 0.325 e. The van der Waals surface area contributed by atoms with Crippen LogP contribution in [0.5, 0.6) is 0 Å². The highest BCUT2D eigenvalue weighted by molar-refractivity contribution is 7.99. The van der Waals surface area contributed by atoms with Crippen LogP contribution in [0.4, 0.5) is 0 Å². The zero-order valence-corrected chi connectivity index (χ0v) is 10.8. The van der Waals surface area contributed by atoms with Crippen molar-refractivity contribution in [2.24, 2.45) is 5.73 Å². The summed E-state index contributed by atoms with van der Waals surface area (Å²) < 4.78 is 0. The molecule has 0 amide bonds. The second kappa shape index (κ2) is 5.29. The number of nitrogens with zero attached hydrogens (tertiary/aromatic N) is 2. The van der Waals surface area contributed by atoms with Gasteiger partial charge < -0.3 is 5.73 Å². The quantitative estimate of drug-likeness (QED) is 0.845. The van der Waals surface area contributed by atoms with Crippen LogP contribution in [0.15, 0.2) is 40.5 Å². The number of hydrogen-bond donors (Lipinski definition) is 1. The summed E-state index contributed by atoms with van der Waals surface area (Å²) in [6.07, 6.45) is 1.75. The van der Waals surface area contributed by atoms with Gasteiger partial charge in [-0.3, -0.25) is 0 Å². The van der Waals surface area contributed by atoms with Gasteiger partial charge in [-0.2, -0.15) is 0 Å². The molecular formula is C13H15N3S. The zero-order valence-electron chi connectivity index (χ0n) is 9.97. The van der Waals surface area contributed by atoms with Crippen molar-refractivity contribution in [1.82, 2.24) is 9.97 Å². The van der Waals surface area contributed by atoms with E-state index in [1.165, 1.54) is 11.1 Å². The van der Waals surface area contributed by atoms with Gasteiger partial charge in [0.1, 0.15) is 0 Å². The lowest BCUT2D eigenvalue weighted by molar-refractivity contribution is 0.874. The molecule has 17 heavy (non-hydrogen) atoms. The van der Waals surface area contributed by atoms with E-state index in [9.17, 15) is 0 Å². The summed E-state index contributed by atoms with van der Waals surface area (Å²) in [4.78, 5) is 9.75. The third kappa shape index (κ3) is 3.05. The van der Waals surface area contributed by atoms with Gasteiger partial charge in [-0.1, -0.05) is 6.07 Å². The Labute approximate surface area is 105 Å². The minimum Gasteiger partial charge on any atom is -0.325 e. The Morgan fingerprint density at radius 3 is 2.71 bits per heavy atom. The average molecular weight is 245 g/mol. The molecule has 1 aromatic heterocycles. The molecule has 4 heteroatoms. The van der Waals surface area contributed by atoms with Crippen LogP contribution < -0.4 is 5.73 Å². The Hall–Kier alpha value is -1.39. The first-order valence-electron chi connectivity index (χ1n) is 5.46. The second-order valence-corrected chi connectivity index (χ2v) is 4.92. The van der Waals surface area contributed by atoms with Crippen molar-refractivity contribution in [3.05, 3.63) is 47.3 Å². The molecule has 0 aliphatic carbocycles. The highest BCUT2D eigenvalue weighted by atomic mass is 32.2. The normalized spacial score (nSPS) is 10.5. The molecule has 2 rings (SSSR count). The van der Waals surface area contributed by atoms with Crippen molar-refractivity contribution in [2.75, 3.05) is 0 Å². The molecule has 0 bridgehead atoms. The van der Waals surface area contributed by atoms with Crippen LogP contribution in [-0.4, -0.2) is 9.97 Å². The summed E-state index contributed by atoms with van der Waals surface area (Å²) in [6.45, 7) is 4.66. The molecule has 0 radical (unpaired) electrons. The fourth-order valence-corrected chi connectivity index (χ4v) is 2.28. The number of nitrogens with two attached hydrogens (primary N) is 1. The molecule has 0 fully saturated rings.